The molecule has 1 N–H and O–H groups in total. The first-order valence-corrected chi connectivity index (χ1v) is 8.09. The van der Waals surface area contributed by atoms with Crippen LogP contribution in [0.5, 0.6) is 0 Å². The number of nitrogens with zero attached hydrogens (tertiary/aromatic N) is 1. The number of rotatable bonds is 1. The number of aromatic nitrogens is 1. The Balaban J connectivity index is 2.18. The van der Waals surface area contributed by atoms with Gasteiger partial charge >= 0.3 is 0 Å². The van der Waals surface area contributed by atoms with E-state index >= 15 is 0 Å². The number of aliphatic hydroxyl groups excluding tert-OH is 1. The second-order valence-electron chi connectivity index (χ2n) is 6.11. The Morgan fingerprint density at radius 1 is 0.625 bits per heavy atom. The fourth-order valence-electron chi connectivity index (χ4n) is 3.73. The topological polar surface area (TPSA) is 33.1 Å². The SMILES string of the molecule is OCc1nc2ccccc2c2c1ccc1ccc3ccccc3c12. The van der Waals surface area contributed by atoms with Crippen molar-refractivity contribution < 1.29 is 5.11 Å². The highest BCUT2D eigenvalue weighted by Crippen LogP contribution is 2.36. The molecule has 0 saturated heterocycles. The standard InChI is InChI=1S/C22H15NO/c24-13-20-18-12-11-15-10-9-14-5-1-2-6-16(14)21(15)22(18)17-7-3-4-8-19(17)23-20/h1-12,24H,13H2. The maximum absolute atomic E-state index is 9.82. The van der Waals surface area contributed by atoms with Gasteiger partial charge in [-0.3, -0.25) is 0 Å². The summed E-state index contributed by atoms with van der Waals surface area (Å²) < 4.78 is 0. The molecule has 0 saturated carbocycles. The van der Waals surface area contributed by atoms with E-state index in [0.717, 1.165) is 22.0 Å². The second-order valence-corrected chi connectivity index (χ2v) is 6.11. The zero-order valence-corrected chi connectivity index (χ0v) is 13.0. The molecule has 0 radical (unpaired) electrons. The Labute approximate surface area is 139 Å². The third-order valence-corrected chi connectivity index (χ3v) is 4.80. The molecular formula is C22H15NO. The predicted octanol–water partition coefficient (Wildman–Crippen LogP) is 5.19. The Morgan fingerprint density at radius 2 is 1.33 bits per heavy atom. The summed E-state index contributed by atoms with van der Waals surface area (Å²) in [7, 11) is 0. The molecule has 2 nitrogen and oxygen atoms in total. The summed E-state index contributed by atoms with van der Waals surface area (Å²) in [6, 6.07) is 25.2. The van der Waals surface area contributed by atoms with E-state index in [1.54, 1.807) is 0 Å². The number of fused-ring (bicyclic) bond motifs is 7. The number of pyridine rings is 1. The van der Waals surface area contributed by atoms with Gasteiger partial charge in [0.05, 0.1) is 17.8 Å². The van der Waals surface area contributed by atoms with Crippen LogP contribution in [0.15, 0.2) is 72.8 Å². The highest BCUT2D eigenvalue weighted by Gasteiger charge is 2.12. The third-order valence-electron chi connectivity index (χ3n) is 4.80. The fourth-order valence-corrected chi connectivity index (χ4v) is 3.73. The van der Waals surface area contributed by atoms with Crippen LogP contribution < -0.4 is 0 Å². The van der Waals surface area contributed by atoms with Gasteiger partial charge in [-0.05, 0) is 27.6 Å². The molecule has 4 aromatic carbocycles. The highest BCUT2D eigenvalue weighted by molar-refractivity contribution is 6.27. The van der Waals surface area contributed by atoms with Crippen LogP contribution in [0.1, 0.15) is 5.69 Å². The summed E-state index contributed by atoms with van der Waals surface area (Å²) in [4.78, 5) is 4.66. The molecule has 0 bridgehead atoms. The molecule has 5 rings (SSSR count). The maximum atomic E-state index is 9.82. The van der Waals surface area contributed by atoms with E-state index in [-0.39, 0.29) is 6.61 Å². The highest BCUT2D eigenvalue weighted by atomic mass is 16.3. The normalized spacial score (nSPS) is 11.7. The molecule has 0 fully saturated rings. The zero-order valence-electron chi connectivity index (χ0n) is 13.0. The molecule has 0 aliphatic rings. The molecule has 5 aromatic rings. The van der Waals surface area contributed by atoms with Crippen molar-refractivity contribution in [3.05, 3.63) is 78.5 Å². The van der Waals surface area contributed by atoms with Gasteiger partial charge in [-0.15, -0.1) is 0 Å². The molecular weight excluding hydrogens is 294 g/mol. The first-order chi connectivity index (χ1) is 11.9. The molecule has 0 atom stereocenters. The van der Waals surface area contributed by atoms with E-state index in [2.05, 4.69) is 59.6 Å². The smallest absolute Gasteiger partial charge is 0.0859 e. The van der Waals surface area contributed by atoms with Crippen LogP contribution in [0, 0.1) is 0 Å². The van der Waals surface area contributed by atoms with Crippen LogP contribution in [-0.2, 0) is 6.61 Å². The van der Waals surface area contributed by atoms with Crippen molar-refractivity contribution in [3.63, 3.8) is 0 Å². The maximum Gasteiger partial charge on any atom is 0.0859 e. The first kappa shape index (κ1) is 13.5. The molecule has 24 heavy (non-hydrogen) atoms. The number of benzene rings is 4. The number of hydrogen-bond donors (Lipinski definition) is 1. The molecule has 0 spiro atoms. The van der Waals surface area contributed by atoms with Gasteiger partial charge in [-0.2, -0.15) is 0 Å². The largest absolute Gasteiger partial charge is 0.390 e. The Morgan fingerprint density at radius 3 is 2.21 bits per heavy atom. The van der Waals surface area contributed by atoms with Gasteiger partial charge < -0.3 is 5.11 Å². The van der Waals surface area contributed by atoms with E-state index in [1.807, 2.05) is 18.2 Å². The minimum absolute atomic E-state index is 0.0579. The molecule has 2 heteroatoms. The van der Waals surface area contributed by atoms with Crippen molar-refractivity contribution in [2.75, 3.05) is 0 Å². The summed E-state index contributed by atoms with van der Waals surface area (Å²) >= 11 is 0. The van der Waals surface area contributed by atoms with Gasteiger partial charge in [0.15, 0.2) is 0 Å². The Bertz CT molecular complexity index is 1240. The Hall–Kier alpha value is -2.97. The van der Waals surface area contributed by atoms with Crippen LogP contribution in [-0.4, -0.2) is 10.1 Å². The van der Waals surface area contributed by atoms with E-state index in [4.69, 9.17) is 0 Å². The van der Waals surface area contributed by atoms with Gasteiger partial charge in [0.2, 0.25) is 0 Å². The predicted molar refractivity (Wildman–Crippen MR) is 100 cm³/mol. The number of hydrogen-bond acceptors (Lipinski definition) is 2. The lowest BCUT2D eigenvalue weighted by Crippen LogP contribution is -1.94. The number of para-hydroxylation sites is 1. The van der Waals surface area contributed by atoms with E-state index in [1.165, 1.54) is 26.9 Å². The minimum atomic E-state index is -0.0579. The lowest BCUT2D eigenvalue weighted by molar-refractivity contribution is 0.279. The van der Waals surface area contributed by atoms with Gasteiger partial charge in [-0.1, -0.05) is 66.7 Å². The van der Waals surface area contributed by atoms with Gasteiger partial charge in [-0.25, -0.2) is 4.98 Å². The fraction of sp³-hybridized carbons (Fsp3) is 0.0455. The van der Waals surface area contributed by atoms with Gasteiger partial charge in [0.25, 0.3) is 0 Å². The molecule has 0 aliphatic carbocycles. The van der Waals surface area contributed by atoms with E-state index in [0.29, 0.717) is 0 Å². The molecule has 0 aliphatic heterocycles. The third kappa shape index (κ3) is 1.78. The quantitative estimate of drug-likeness (QED) is 0.432. The first-order valence-electron chi connectivity index (χ1n) is 8.09. The molecule has 114 valence electrons. The summed E-state index contributed by atoms with van der Waals surface area (Å²) in [5.41, 5.74) is 1.66. The summed E-state index contributed by atoms with van der Waals surface area (Å²) in [5, 5.41) is 18.1. The van der Waals surface area contributed by atoms with Crippen molar-refractivity contribution in [1.29, 1.82) is 0 Å². The monoisotopic (exact) mass is 309 g/mol. The van der Waals surface area contributed by atoms with Crippen LogP contribution >= 0.6 is 0 Å². The van der Waals surface area contributed by atoms with Crippen molar-refractivity contribution in [3.8, 4) is 0 Å². The molecule has 0 amide bonds. The van der Waals surface area contributed by atoms with Crippen LogP contribution in [0.25, 0.3) is 43.2 Å². The van der Waals surface area contributed by atoms with Crippen LogP contribution in [0.2, 0.25) is 0 Å². The van der Waals surface area contributed by atoms with Crippen LogP contribution in [0.3, 0.4) is 0 Å². The average Bonchev–Trinajstić information content (AvgIpc) is 2.66. The van der Waals surface area contributed by atoms with E-state index < -0.39 is 0 Å². The van der Waals surface area contributed by atoms with E-state index in [9.17, 15) is 5.11 Å². The molecule has 1 heterocycles. The molecule has 1 aromatic heterocycles. The number of aliphatic hydroxyl groups is 1. The molecule has 0 unspecified atom stereocenters. The summed E-state index contributed by atoms with van der Waals surface area (Å²) in [6.07, 6.45) is 0. The summed E-state index contributed by atoms with van der Waals surface area (Å²) in [6.45, 7) is -0.0579. The van der Waals surface area contributed by atoms with Crippen LogP contribution in [0.4, 0.5) is 0 Å². The lowest BCUT2D eigenvalue weighted by Gasteiger charge is -2.13. The van der Waals surface area contributed by atoms with Gasteiger partial charge in [0.1, 0.15) is 0 Å². The zero-order chi connectivity index (χ0) is 16.1. The van der Waals surface area contributed by atoms with Crippen molar-refractivity contribution in [2.24, 2.45) is 0 Å². The van der Waals surface area contributed by atoms with Gasteiger partial charge in [0, 0.05) is 16.2 Å². The summed E-state index contributed by atoms with van der Waals surface area (Å²) in [5.74, 6) is 0. The second kappa shape index (κ2) is 5.02. The van der Waals surface area contributed by atoms with Crippen molar-refractivity contribution >= 4 is 43.2 Å². The lowest BCUT2D eigenvalue weighted by atomic mass is 9.93. The average molecular weight is 309 g/mol. The Kier molecular flexibility index (Phi) is 2.81. The minimum Gasteiger partial charge on any atom is -0.390 e. The van der Waals surface area contributed by atoms with Crippen molar-refractivity contribution in [1.82, 2.24) is 4.98 Å². The van der Waals surface area contributed by atoms with Crippen molar-refractivity contribution in [2.45, 2.75) is 6.61 Å².